The van der Waals surface area contributed by atoms with Crippen LogP contribution in [0.3, 0.4) is 0 Å². The number of phenols is 1. The quantitative estimate of drug-likeness (QED) is 0.898. The van der Waals surface area contributed by atoms with Crippen molar-refractivity contribution in [2.24, 2.45) is 5.92 Å². The number of phenolic OH excluding ortho intramolecular Hbond substituents is 1. The van der Waals surface area contributed by atoms with E-state index in [-0.39, 0.29) is 23.5 Å². The lowest BCUT2D eigenvalue weighted by molar-refractivity contribution is -0.143. The first-order chi connectivity index (χ1) is 11.6. The highest BCUT2D eigenvalue weighted by Crippen LogP contribution is 2.21. The van der Waals surface area contributed by atoms with Gasteiger partial charge in [0.05, 0.1) is 25.6 Å². The standard InChI is InChI=1S/C18H24N2O4/c21-16-5-3-14(4-6-16)12-17(22)20-7-1-2-15(13-20)18(23)19-8-10-24-11-9-19/h3-6,15,21H,1-2,7-13H2. The molecule has 2 amide bonds. The zero-order chi connectivity index (χ0) is 16.9. The molecular weight excluding hydrogens is 308 g/mol. The minimum atomic E-state index is -0.0967. The van der Waals surface area contributed by atoms with Crippen molar-refractivity contribution < 1.29 is 19.4 Å². The zero-order valence-electron chi connectivity index (χ0n) is 13.8. The Morgan fingerprint density at radius 1 is 1.08 bits per heavy atom. The lowest BCUT2D eigenvalue weighted by Gasteiger charge is -2.36. The van der Waals surface area contributed by atoms with Crippen molar-refractivity contribution in [1.82, 2.24) is 9.80 Å². The van der Waals surface area contributed by atoms with Crippen LogP contribution >= 0.6 is 0 Å². The molecule has 1 aromatic carbocycles. The molecular formula is C18H24N2O4. The molecule has 1 unspecified atom stereocenters. The number of piperidine rings is 1. The fourth-order valence-electron chi connectivity index (χ4n) is 3.35. The van der Waals surface area contributed by atoms with Gasteiger partial charge in [0.1, 0.15) is 5.75 Å². The van der Waals surface area contributed by atoms with E-state index in [0.29, 0.717) is 45.8 Å². The number of amides is 2. The van der Waals surface area contributed by atoms with Gasteiger partial charge in [-0.15, -0.1) is 0 Å². The summed E-state index contributed by atoms with van der Waals surface area (Å²) in [5.41, 5.74) is 0.874. The van der Waals surface area contributed by atoms with Gasteiger partial charge in [-0.1, -0.05) is 12.1 Å². The van der Waals surface area contributed by atoms with Crippen molar-refractivity contribution in [3.05, 3.63) is 29.8 Å². The summed E-state index contributed by atoms with van der Waals surface area (Å²) in [6, 6.07) is 6.69. The minimum absolute atomic E-state index is 0.0418. The van der Waals surface area contributed by atoms with Gasteiger partial charge in [0.25, 0.3) is 0 Å². The smallest absolute Gasteiger partial charge is 0.227 e. The second kappa shape index (κ2) is 7.66. The van der Waals surface area contributed by atoms with Crippen molar-refractivity contribution in [1.29, 1.82) is 0 Å². The number of benzene rings is 1. The molecule has 2 aliphatic rings. The molecule has 1 aromatic rings. The predicted octanol–water partition coefficient (Wildman–Crippen LogP) is 1.03. The lowest BCUT2D eigenvalue weighted by Crippen LogP contribution is -2.49. The van der Waals surface area contributed by atoms with E-state index in [1.54, 1.807) is 29.2 Å². The maximum Gasteiger partial charge on any atom is 0.227 e. The summed E-state index contributed by atoms with van der Waals surface area (Å²) in [5, 5.41) is 9.31. The fourth-order valence-corrected chi connectivity index (χ4v) is 3.35. The Balaban J connectivity index is 1.57. The average Bonchev–Trinajstić information content (AvgIpc) is 2.64. The van der Waals surface area contributed by atoms with Crippen LogP contribution < -0.4 is 0 Å². The van der Waals surface area contributed by atoms with Gasteiger partial charge in [-0.3, -0.25) is 9.59 Å². The monoisotopic (exact) mass is 332 g/mol. The molecule has 2 fully saturated rings. The Labute approximate surface area is 142 Å². The van der Waals surface area contributed by atoms with Crippen LogP contribution in [-0.4, -0.2) is 66.1 Å². The number of carbonyl (C=O) groups excluding carboxylic acids is 2. The molecule has 2 heterocycles. The molecule has 0 aliphatic carbocycles. The van der Waals surface area contributed by atoms with Crippen molar-refractivity contribution in [3.63, 3.8) is 0 Å². The third-order valence-electron chi connectivity index (χ3n) is 4.74. The number of morpholine rings is 1. The number of likely N-dealkylation sites (tertiary alicyclic amines) is 1. The SMILES string of the molecule is O=C(Cc1ccc(O)cc1)N1CCCC(C(=O)N2CCOCC2)C1. The topological polar surface area (TPSA) is 70.1 Å². The number of hydrogen-bond donors (Lipinski definition) is 1. The fraction of sp³-hybridized carbons (Fsp3) is 0.556. The maximum absolute atomic E-state index is 12.6. The molecule has 2 saturated heterocycles. The molecule has 6 nitrogen and oxygen atoms in total. The van der Waals surface area contributed by atoms with Crippen LogP contribution in [0.15, 0.2) is 24.3 Å². The molecule has 0 spiro atoms. The van der Waals surface area contributed by atoms with Gasteiger partial charge in [0.2, 0.25) is 11.8 Å². The highest BCUT2D eigenvalue weighted by atomic mass is 16.5. The molecule has 0 bridgehead atoms. The first-order valence-electron chi connectivity index (χ1n) is 8.55. The van der Waals surface area contributed by atoms with E-state index in [2.05, 4.69) is 0 Å². The van der Waals surface area contributed by atoms with Crippen LogP contribution in [0.2, 0.25) is 0 Å². The molecule has 130 valence electrons. The number of hydrogen-bond acceptors (Lipinski definition) is 4. The first kappa shape index (κ1) is 16.8. The number of rotatable bonds is 3. The summed E-state index contributed by atoms with van der Waals surface area (Å²) in [6.45, 7) is 3.72. The molecule has 0 aromatic heterocycles. The Bertz CT molecular complexity index is 581. The number of ether oxygens (including phenoxy) is 1. The van der Waals surface area contributed by atoms with E-state index in [1.165, 1.54) is 0 Å². The summed E-state index contributed by atoms with van der Waals surface area (Å²) < 4.78 is 5.30. The Hall–Kier alpha value is -2.08. The van der Waals surface area contributed by atoms with Gasteiger partial charge in [-0.2, -0.15) is 0 Å². The molecule has 1 atom stereocenters. The van der Waals surface area contributed by atoms with Crippen LogP contribution in [-0.2, 0) is 20.7 Å². The van der Waals surface area contributed by atoms with Crippen LogP contribution in [0.25, 0.3) is 0 Å². The summed E-state index contributed by atoms with van der Waals surface area (Å²) in [5.74, 6) is 0.293. The number of nitrogens with zero attached hydrogens (tertiary/aromatic N) is 2. The molecule has 0 radical (unpaired) electrons. The molecule has 0 saturated carbocycles. The Kier molecular flexibility index (Phi) is 5.35. The van der Waals surface area contributed by atoms with Crippen molar-refractivity contribution in [3.8, 4) is 5.75 Å². The lowest BCUT2D eigenvalue weighted by atomic mass is 9.95. The number of carbonyl (C=O) groups is 2. The third-order valence-corrected chi connectivity index (χ3v) is 4.74. The predicted molar refractivity (Wildman–Crippen MR) is 88.5 cm³/mol. The zero-order valence-corrected chi connectivity index (χ0v) is 13.8. The van der Waals surface area contributed by atoms with Crippen LogP contribution in [0.5, 0.6) is 5.75 Å². The molecule has 1 N–H and O–H groups in total. The van der Waals surface area contributed by atoms with Gasteiger partial charge in [-0.25, -0.2) is 0 Å². The van der Waals surface area contributed by atoms with Crippen LogP contribution in [0, 0.1) is 5.92 Å². The van der Waals surface area contributed by atoms with Crippen LogP contribution in [0.1, 0.15) is 18.4 Å². The van der Waals surface area contributed by atoms with Crippen LogP contribution in [0.4, 0.5) is 0 Å². The first-order valence-corrected chi connectivity index (χ1v) is 8.55. The van der Waals surface area contributed by atoms with Crippen molar-refractivity contribution >= 4 is 11.8 Å². The van der Waals surface area contributed by atoms with E-state index in [0.717, 1.165) is 18.4 Å². The van der Waals surface area contributed by atoms with Gasteiger partial charge in [0.15, 0.2) is 0 Å². The van der Waals surface area contributed by atoms with E-state index >= 15 is 0 Å². The third kappa shape index (κ3) is 4.06. The summed E-state index contributed by atoms with van der Waals surface area (Å²) in [4.78, 5) is 28.8. The largest absolute Gasteiger partial charge is 0.508 e. The van der Waals surface area contributed by atoms with Crippen molar-refractivity contribution in [2.45, 2.75) is 19.3 Å². The minimum Gasteiger partial charge on any atom is -0.508 e. The summed E-state index contributed by atoms with van der Waals surface area (Å²) in [6.07, 6.45) is 2.01. The molecule has 3 rings (SSSR count). The van der Waals surface area contributed by atoms with Crippen molar-refractivity contribution in [2.75, 3.05) is 39.4 Å². The maximum atomic E-state index is 12.6. The summed E-state index contributed by atoms with van der Waals surface area (Å²) >= 11 is 0. The van der Waals surface area contributed by atoms with Gasteiger partial charge in [-0.05, 0) is 30.5 Å². The molecule has 6 heteroatoms. The van der Waals surface area contributed by atoms with E-state index < -0.39 is 0 Å². The van der Waals surface area contributed by atoms with Gasteiger partial charge < -0.3 is 19.6 Å². The van der Waals surface area contributed by atoms with E-state index in [4.69, 9.17) is 4.74 Å². The Morgan fingerprint density at radius 3 is 2.50 bits per heavy atom. The number of aromatic hydroxyl groups is 1. The molecule has 2 aliphatic heterocycles. The Morgan fingerprint density at radius 2 is 1.79 bits per heavy atom. The second-order valence-electron chi connectivity index (χ2n) is 6.46. The highest BCUT2D eigenvalue weighted by molar-refractivity contribution is 5.82. The van der Waals surface area contributed by atoms with E-state index in [1.807, 2.05) is 4.90 Å². The second-order valence-corrected chi connectivity index (χ2v) is 6.46. The van der Waals surface area contributed by atoms with Gasteiger partial charge in [0, 0.05) is 26.2 Å². The highest BCUT2D eigenvalue weighted by Gasteiger charge is 2.31. The van der Waals surface area contributed by atoms with Gasteiger partial charge >= 0.3 is 0 Å². The molecule has 24 heavy (non-hydrogen) atoms. The van der Waals surface area contributed by atoms with E-state index in [9.17, 15) is 14.7 Å². The summed E-state index contributed by atoms with van der Waals surface area (Å²) in [7, 11) is 0. The normalized spacial score (nSPS) is 21.6. The average molecular weight is 332 g/mol.